The summed E-state index contributed by atoms with van der Waals surface area (Å²) >= 11 is 0. The Bertz CT molecular complexity index is 247. The number of hydrogen-bond donors (Lipinski definition) is 0. The van der Waals surface area contributed by atoms with Gasteiger partial charge in [-0.05, 0) is 33.1 Å². The molecule has 0 amide bonds. The van der Waals surface area contributed by atoms with E-state index in [2.05, 4.69) is 21.5 Å². The molecule has 0 aromatic carbocycles. The molecule has 0 aliphatic carbocycles. The monoisotopic (exact) mass is 193 g/mol. The molecular formula is C11H19N3. The van der Waals surface area contributed by atoms with E-state index in [1.807, 2.05) is 13.8 Å². The molecule has 78 valence electrons. The number of rotatable bonds is 1. The maximum Gasteiger partial charge on any atom is 0.127 e. The third kappa shape index (κ3) is 3.32. The third-order valence-corrected chi connectivity index (χ3v) is 2.42. The molecule has 0 saturated carbocycles. The van der Waals surface area contributed by atoms with Gasteiger partial charge in [-0.25, -0.2) is 9.98 Å². The highest BCUT2D eigenvalue weighted by Gasteiger charge is 2.10. The summed E-state index contributed by atoms with van der Waals surface area (Å²) in [5.74, 6) is 1.86. The van der Waals surface area contributed by atoms with Crippen molar-refractivity contribution >= 4 is 11.7 Å². The topological polar surface area (TPSA) is 28.0 Å². The van der Waals surface area contributed by atoms with Gasteiger partial charge in [-0.2, -0.15) is 0 Å². The van der Waals surface area contributed by atoms with Crippen molar-refractivity contribution < 1.29 is 0 Å². The van der Waals surface area contributed by atoms with Crippen LogP contribution in [0.2, 0.25) is 0 Å². The summed E-state index contributed by atoms with van der Waals surface area (Å²) < 4.78 is 0. The Morgan fingerprint density at radius 2 is 1.86 bits per heavy atom. The Morgan fingerprint density at radius 3 is 2.43 bits per heavy atom. The summed E-state index contributed by atoms with van der Waals surface area (Å²) in [6.45, 7) is 9.77. The number of amidine groups is 2. The minimum absolute atomic E-state index is 0.781. The first kappa shape index (κ1) is 11.0. The van der Waals surface area contributed by atoms with Gasteiger partial charge in [0.15, 0.2) is 0 Å². The molecule has 1 aliphatic heterocycles. The zero-order valence-corrected chi connectivity index (χ0v) is 9.16. The summed E-state index contributed by atoms with van der Waals surface area (Å²) in [5, 5.41) is 0. The molecule has 14 heavy (non-hydrogen) atoms. The first-order valence-corrected chi connectivity index (χ1v) is 5.19. The van der Waals surface area contributed by atoms with Crippen molar-refractivity contribution in [2.75, 3.05) is 13.1 Å². The molecule has 0 radical (unpaired) electrons. The molecule has 3 heteroatoms. The molecule has 1 heterocycles. The number of hydrogen-bond acceptors (Lipinski definition) is 1. The van der Waals surface area contributed by atoms with Crippen LogP contribution in [0.5, 0.6) is 0 Å². The molecule has 1 saturated heterocycles. The lowest BCUT2D eigenvalue weighted by atomic mass is 10.1. The van der Waals surface area contributed by atoms with E-state index in [1.165, 1.54) is 25.5 Å². The standard InChI is InChI=1S/C11H19N3/c1-4-12-10(2)13-11(3)14-8-6-5-7-9-14/h4H,1,5-9H2,2-3H3. The molecule has 3 nitrogen and oxygen atoms in total. The number of nitrogens with zero attached hydrogens (tertiary/aromatic N) is 3. The van der Waals surface area contributed by atoms with Crippen molar-refractivity contribution in [1.29, 1.82) is 0 Å². The Balaban J connectivity index is 2.57. The van der Waals surface area contributed by atoms with Gasteiger partial charge in [0.2, 0.25) is 0 Å². The van der Waals surface area contributed by atoms with Gasteiger partial charge in [-0.15, -0.1) is 0 Å². The average molecular weight is 193 g/mol. The second-order valence-corrected chi connectivity index (χ2v) is 3.57. The first-order valence-electron chi connectivity index (χ1n) is 5.19. The van der Waals surface area contributed by atoms with Crippen LogP contribution in [0, 0.1) is 0 Å². The number of likely N-dealkylation sites (tertiary alicyclic amines) is 1. The van der Waals surface area contributed by atoms with Crippen molar-refractivity contribution in [1.82, 2.24) is 4.90 Å². The molecule has 1 rings (SSSR count). The van der Waals surface area contributed by atoms with E-state index < -0.39 is 0 Å². The molecule has 0 aromatic heterocycles. The molecule has 0 unspecified atom stereocenters. The van der Waals surface area contributed by atoms with Crippen LogP contribution in [-0.4, -0.2) is 29.7 Å². The summed E-state index contributed by atoms with van der Waals surface area (Å²) in [4.78, 5) is 10.8. The maximum absolute atomic E-state index is 4.41. The highest BCUT2D eigenvalue weighted by atomic mass is 15.2. The molecule has 0 spiro atoms. The van der Waals surface area contributed by atoms with Gasteiger partial charge in [-0.3, -0.25) is 0 Å². The second kappa shape index (κ2) is 5.58. The van der Waals surface area contributed by atoms with E-state index in [4.69, 9.17) is 0 Å². The Morgan fingerprint density at radius 1 is 1.21 bits per heavy atom. The van der Waals surface area contributed by atoms with Gasteiger partial charge in [0.1, 0.15) is 11.7 Å². The summed E-state index contributed by atoms with van der Waals surface area (Å²) in [7, 11) is 0. The Labute approximate surface area is 86.2 Å². The van der Waals surface area contributed by atoms with Gasteiger partial charge >= 0.3 is 0 Å². The van der Waals surface area contributed by atoms with Gasteiger partial charge < -0.3 is 4.90 Å². The largest absolute Gasteiger partial charge is 0.360 e. The van der Waals surface area contributed by atoms with E-state index in [0.29, 0.717) is 0 Å². The van der Waals surface area contributed by atoms with Crippen molar-refractivity contribution in [2.24, 2.45) is 9.98 Å². The zero-order valence-electron chi connectivity index (χ0n) is 9.16. The van der Waals surface area contributed by atoms with Gasteiger partial charge in [0.05, 0.1) is 0 Å². The Kier molecular flexibility index (Phi) is 4.36. The first-order chi connectivity index (χ1) is 6.74. The van der Waals surface area contributed by atoms with E-state index >= 15 is 0 Å². The van der Waals surface area contributed by atoms with E-state index in [-0.39, 0.29) is 0 Å². The molecule has 0 aromatic rings. The molecule has 0 bridgehead atoms. The van der Waals surface area contributed by atoms with Gasteiger partial charge in [0, 0.05) is 19.3 Å². The number of piperidine rings is 1. The predicted octanol–water partition coefficient (Wildman–Crippen LogP) is 2.45. The number of aliphatic imine (C=N–C) groups is 2. The highest BCUT2D eigenvalue weighted by Crippen LogP contribution is 2.09. The third-order valence-electron chi connectivity index (χ3n) is 2.42. The smallest absolute Gasteiger partial charge is 0.127 e. The van der Waals surface area contributed by atoms with Crippen molar-refractivity contribution in [2.45, 2.75) is 33.1 Å². The van der Waals surface area contributed by atoms with Crippen LogP contribution in [0.25, 0.3) is 0 Å². The quantitative estimate of drug-likeness (QED) is 0.464. The molecule has 0 N–H and O–H groups in total. The zero-order chi connectivity index (χ0) is 10.4. The molecule has 1 aliphatic rings. The van der Waals surface area contributed by atoms with Gasteiger partial charge in [0.25, 0.3) is 0 Å². The molecule has 0 atom stereocenters. The fraction of sp³-hybridized carbons (Fsp3) is 0.636. The van der Waals surface area contributed by atoms with Crippen LogP contribution in [0.3, 0.4) is 0 Å². The lowest BCUT2D eigenvalue weighted by molar-refractivity contribution is 0.341. The van der Waals surface area contributed by atoms with Crippen molar-refractivity contribution in [3.8, 4) is 0 Å². The van der Waals surface area contributed by atoms with Crippen LogP contribution in [0.1, 0.15) is 33.1 Å². The fourth-order valence-corrected chi connectivity index (χ4v) is 1.68. The minimum atomic E-state index is 0.781. The van der Waals surface area contributed by atoms with E-state index in [0.717, 1.165) is 24.8 Å². The van der Waals surface area contributed by atoms with Gasteiger partial charge in [-0.1, -0.05) is 6.58 Å². The highest BCUT2D eigenvalue weighted by molar-refractivity contribution is 5.95. The molecular weight excluding hydrogens is 174 g/mol. The normalized spacial score (nSPS) is 19.7. The lowest BCUT2D eigenvalue weighted by Crippen LogP contribution is -2.34. The van der Waals surface area contributed by atoms with Crippen molar-refractivity contribution in [3.63, 3.8) is 0 Å². The Hall–Kier alpha value is -1.12. The average Bonchev–Trinajstić information content (AvgIpc) is 2.19. The van der Waals surface area contributed by atoms with E-state index in [9.17, 15) is 0 Å². The van der Waals surface area contributed by atoms with Crippen LogP contribution in [0.15, 0.2) is 22.8 Å². The second-order valence-electron chi connectivity index (χ2n) is 3.57. The summed E-state index contributed by atoms with van der Waals surface area (Å²) in [6.07, 6.45) is 5.45. The van der Waals surface area contributed by atoms with E-state index in [1.54, 1.807) is 0 Å². The summed E-state index contributed by atoms with van der Waals surface area (Å²) in [6, 6.07) is 0. The fourth-order valence-electron chi connectivity index (χ4n) is 1.68. The lowest BCUT2D eigenvalue weighted by Gasteiger charge is -2.28. The maximum atomic E-state index is 4.41. The molecule has 1 fully saturated rings. The van der Waals surface area contributed by atoms with Crippen molar-refractivity contribution in [3.05, 3.63) is 12.8 Å². The minimum Gasteiger partial charge on any atom is -0.360 e. The SMILES string of the molecule is C=CN=C(C)N=C(C)N1CCCCC1. The van der Waals surface area contributed by atoms with Crippen LogP contribution < -0.4 is 0 Å². The van der Waals surface area contributed by atoms with Crippen LogP contribution >= 0.6 is 0 Å². The predicted molar refractivity (Wildman–Crippen MR) is 61.8 cm³/mol. The van der Waals surface area contributed by atoms with Crippen LogP contribution in [0.4, 0.5) is 0 Å². The summed E-state index contributed by atoms with van der Waals surface area (Å²) in [5.41, 5.74) is 0. The van der Waals surface area contributed by atoms with Crippen LogP contribution in [-0.2, 0) is 0 Å².